The Morgan fingerprint density at radius 3 is 2.81 bits per heavy atom. The van der Waals surface area contributed by atoms with E-state index in [1.54, 1.807) is 12.3 Å². The Balaban J connectivity index is 2.16. The van der Waals surface area contributed by atoms with Gasteiger partial charge >= 0.3 is 5.97 Å². The van der Waals surface area contributed by atoms with E-state index >= 15 is 0 Å². The zero-order valence-electron chi connectivity index (χ0n) is 8.61. The van der Waals surface area contributed by atoms with Crippen LogP contribution in [0.3, 0.4) is 0 Å². The summed E-state index contributed by atoms with van der Waals surface area (Å²) in [4.78, 5) is 10.8. The molecule has 0 unspecified atom stereocenters. The first-order valence-corrected chi connectivity index (χ1v) is 5.82. The molecule has 4 nitrogen and oxygen atoms in total. The third kappa shape index (κ3) is 2.12. The number of aromatic carboxylic acids is 1. The highest BCUT2D eigenvalue weighted by Gasteiger charge is 2.42. The number of hydrogen-bond acceptors (Lipinski definition) is 2. The van der Waals surface area contributed by atoms with Gasteiger partial charge in [-0.25, -0.2) is 4.79 Å². The van der Waals surface area contributed by atoms with E-state index in [0.29, 0.717) is 13.0 Å². The van der Waals surface area contributed by atoms with Crippen LogP contribution in [0.5, 0.6) is 0 Å². The highest BCUT2D eigenvalue weighted by molar-refractivity contribution is 9.10. The van der Waals surface area contributed by atoms with Gasteiger partial charge in [0, 0.05) is 24.6 Å². The molecule has 16 heavy (non-hydrogen) atoms. The van der Waals surface area contributed by atoms with Gasteiger partial charge in [-0.15, -0.1) is 0 Å². The van der Waals surface area contributed by atoms with Gasteiger partial charge in [-0.2, -0.15) is 5.26 Å². The zero-order valence-corrected chi connectivity index (χ0v) is 10.2. The Bertz CT molecular complexity index is 469. The van der Waals surface area contributed by atoms with Crippen LogP contribution in [0.1, 0.15) is 29.6 Å². The lowest BCUT2D eigenvalue weighted by Gasteiger charge is -2.12. The molecule has 0 aliphatic heterocycles. The molecule has 0 amide bonds. The van der Waals surface area contributed by atoms with Gasteiger partial charge < -0.3 is 9.67 Å². The predicted molar refractivity (Wildman–Crippen MR) is 61.0 cm³/mol. The van der Waals surface area contributed by atoms with E-state index in [-0.39, 0.29) is 11.0 Å². The summed E-state index contributed by atoms with van der Waals surface area (Å²) in [5, 5.41) is 17.6. The van der Waals surface area contributed by atoms with Crippen LogP contribution in [-0.4, -0.2) is 15.6 Å². The molecule has 0 radical (unpaired) electrons. The monoisotopic (exact) mass is 282 g/mol. The van der Waals surface area contributed by atoms with Crippen LogP contribution in [0.25, 0.3) is 0 Å². The highest BCUT2D eigenvalue weighted by Crippen LogP contribution is 2.50. The van der Waals surface area contributed by atoms with Crippen molar-refractivity contribution >= 4 is 21.9 Å². The van der Waals surface area contributed by atoms with E-state index in [9.17, 15) is 4.79 Å². The number of carbonyl (C=O) groups is 1. The predicted octanol–water partition coefficient (Wildman–Crippen LogP) is 2.64. The maximum absolute atomic E-state index is 10.8. The number of hydrogen-bond donors (Lipinski definition) is 1. The van der Waals surface area contributed by atoms with Crippen molar-refractivity contribution in [3.8, 4) is 6.07 Å². The van der Waals surface area contributed by atoms with Crippen LogP contribution >= 0.6 is 15.9 Å². The molecule has 1 heterocycles. The van der Waals surface area contributed by atoms with E-state index in [0.717, 1.165) is 17.4 Å². The van der Waals surface area contributed by atoms with Gasteiger partial charge in [0.05, 0.1) is 16.2 Å². The van der Waals surface area contributed by atoms with E-state index in [4.69, 9.17) is 10.4 Å². The van der Waals surface area contributed by atoms with Crippen molar-refractivity contribution < 1.29 is 9.90 Å². The van der Waals surface area contributed by atoms with E-state index in [2.05, 4.69) is 22.0 Å². The molecule has 1 aliphatic rings. The molecule has 2 rings (SSSR count). The van der Waals surface area contributed by atoms with Crippen molar-refractivity contribution in [2.24, 2.45) is 5.41 Å². The van der Waals surface area contributed by atoms with Crippen LogP contribution in [0, 0.1) is 16.7 Å². The largest absolute Gasteiger partial charge is 0.478 e. The molecule has 1 aromatic heterocycles. The Morgan fingerprint density at radius 1 is 1.69 bits per heavy atom. The average Bonchev–Trinajstić information content (AvgIpc) is 2.86. The van der Waals surface area contributed by atoms with Gasteiger partial charge in [0.15, 0.2) is 0 Å². The first-order valence-electron chi connectivity index (χ1n) is 5.02. The second kappa shape index (κ2) is 3.95. The molecule has 1 N–H and O–H groups in total. The van der Waals surface area contributed by atoms with Gasteiger partial charge in [0.25, 0.3) is 0 Å². The van der Waals surface area contributed by atoms with Crippen molar-refractivity contribution in [1.82, 2.24) is 4.57 Å². The first kappa shape index (κ1) is 11.2. The lowest BCUT2D eigenvalue weighted by atomic mass is 10.0. The van der Waals surface area contributed by atoms with Gasteiger partial charge in [0.2, 0.25) is 0 Å². The van der Waals surface area contributed by atoms with Gasteiger partial charge in [-0.3, -0.25) is 0 Å². The minimum absolute atomic E-state index is 0.0755. The van der Waals surface area contributed by atoms with E-state index in [1.165, 1.54) is 0 Å². The van der Waals surface area contributed by atoms with Crippen LogP contribution in [0.2, 0.25) is 0 Å². The van der Waals surface area contributed by atoms with Gasteiger partial charge in [0.1, 0.15) is 0 Å². The Labute approximate surface area is 102 Å². The fourth-order valence-electron chi connectivity index (χ4n) is 1.81. The summed E-state index contributed by atoms with van der Waals surface area (Å²) >= 11 is 3.33. The van der Waals surface area contributed by atoms with Crippen LogP contribution in [0.15, 0.2) is 16.9 Å². The summed E-state index contributed by atoms with van der Waals surface area (Å²) in [5.41, 5.74) is 0.353. The normalized spacial score (nSPS) is 16.8. The summed E-state index contributed by atoms with van der Waals surface area (Å²) in [6.45, 7) is 0.717. The number of aromatic nitrogens is 1. The standard InChI is InChI=1S/C11H11BrN2O2/c12-9-5-8(10(15)16)6-14(9)7-11(1-2-11)3-4-13/h5-6H,1-3,7H2,(H,15,16). The molecule has 1 saturated carbocycles. The molecule has 0 atom stereocenters. The molecular weight excluding hydrogens is 272 g/mol. The summed E-state index contributed by atoms with van der Waals surface area (Å²) in [5.74, 6) is -0.926. The maximum Gasteiger partial charge on any atom is 0.337 e. The fraction of sp³-hybridized carbons (Fsp3) is 0.455. The first-order chi connectivity index (χ1) is 7.56. The fourth-order valence-corrected chi connectivity index (χ4v) is 2.29. The summed E-state index contributed by atoms with van der Waals surface area (Å²) in [7, 11) is 0. The molecule has 1 aliphatic carbocycles. The lowest BCUT2D eigenvalue weighted by Crippen LogP contribution is -2.10. The van der Waals surface area contributed by atoms with Gasteiger partial charge in [-0.1, -0.05) is 0 Å². The summed E-state index contributed by atoms with van der Waals surface area (Å²) in [6, 6.07) is 3.78. The van der Waals surface area contributed by atoms with Crippen molar-refractivity contribution in [1.29, 1.82) is 5.26 Å². The van der Waals surface area contributed by atoms with Crippen molar-refractivity contribution in [3.63, 3.8) is 0 Å². The smallest absolute Gasteiger partial charge is 0.337 e. The third-order valence-electron chi connectivity index (χ3n) is 3.01. The Kier molecular flexibility index (Phi) is 2.76. The molecule has 0 spiro atoms. The molecule has 0 bridgehead atoms. The third-order valence-corrected chi connectivity index (χ3v) is 3.69. The van der Waals surface area contributed by atoms with Crippen molar-refractivity contribution in [3.05, 3.63) is 22.4 Å². The van der Waals surface area contributed by atoms with Crippen LogP contribution < -0.4 is 0 Å². The van der Waals surface area contributed by atoms with Crippen LogP contribution in [0.4, 0.5) is 0 Å². The summed E-state index contributed by atoms with van der Waals surface area (Å²) < 4.78 is 2.63. The molecule has 84 valence electrons. The van der Waals surface area contributed by atoms with E-state index in [1.807, 2.05) is 4.57 Å². The number of nitriles is 1. The van der Waals surface area contributed by atoms with Crippen LogP contribution in [-0.2, 0) is 6.54 Å². The number of halogens is 1. The average molecular weight is 283 g/mol. The Hall–Kier alpha value is -1.28. The molecule has 0 saturated heterocycles. The summed E-state index contributed by atoms with van der Waals surface area (Å²) in [6.07, 6.45) is 4.26. The molecule has 1 aromatic rings. The number of carboxylic acids is 1. The Morgan fingerprint density at radius 2 is 2.38 bits per heavy atom. The number of carboxylic acid groups (broad SMARTS) is 1. The SMILES string of the molecule is N#CCC1(Cn2cc(C(=O)O)cc2Br)CC1. The minimum atomic E-state index is -0.926. The quantitative estimate of drug-likeness (QED) is 0.923. The lowest BCUT2D eigenvalue weighted by molar-refractivity contribution is 0.0696. The maximum atomic E-state index is 10.8. The molecule has 5 heteroatoms. The number of rotatable bonds is 4. The molecular formula is C11H11BrN2O2. The number of nitrogens with zero attached hydrogens (tertiary/aromatic N) is 2. The second-order valence-corrected chi connectivity index (χ2v) is 5.13. The highest BCUT2D eigenvalue weighted by atomic mass is 79.9. The van der Waals surface area contributed by atoms with Crippen molar-refractivity contribution in [2.75, 3.05) is 0 Å². The van der Waals surface area contributed by atoms with E-state index < -0.39 is 5.97 Å². The zero-order chi connectivity index (χ0) is 11.8. The van der Waals surface area contributed by atoms with Gasteiger partial charge in [-0.05, 0) is 34.8 Å². The second-order valence-electron chi connectivity index (χ2n) is 4.32. The van der Waals surface area contributed by atoms with Crippen molar-refractivity contribution in [2.45, 2.75) is 25.8 Å². The minimum Gasteiger partial charge on any atom is -0.478 e. The molecule has 1 fully saturated rings. The molecule has 0 aromatic carbocycles. The topological polar surface area (TPSA) is 66.0 Å².